The number of allylic oxidation sites excluding steroid dienone is 1. The molecular weight excluding hydrogens is 317 g/mol. The molecule has 0 saturated heterocycles. The molecule has 1 aliphatic heterocycles. The van der Waals surface area contributed by atoms with Crippen molar-refractivity contribution < 1.29 is 9.23 Å². The van der Waals surface area contributed by atoms with Crippen LogP contribution in [0.3, 0.4) is 0 Å². The molecule has 2 aromatic carbocycles. The van der Waals surface area contributed by atoms with Crippen molar-refractivity contribution >= 4 is 16.6 Å². The van der Waals surface area contributed by atoms with E-state index >= 15 is 0 Å². The Morgan fingerprint density at radius 2 is 1.96 bits per heavy atom. The number of hydrogen-bond donors (Lipinski definition) is 1. The van der Waals surface area contributed by atoms with Gasteiger partial charge in [-0.2, -0.15) is 0 Å². The predicted octanol–water partition coefficient (Wildman–Crippen LogP) is 4.19. The molecule has 1 aromatic heterocycles. The average Bonchev–Trinajstić information content (AvgIpc) is 3.09. The van der Waals surface area contributed by atoms with Crippen LogP contribution < -0.4 is 5.48 Å². The number of imidazole rings is 1. The summed E-state index contributed by atoms with van der Waals surface area (Å²) in [6.07, 6.45) is 0. The van der Waals surface area contributed by atoms with Crippen molar-refractivity contribution in [3.63, 3.8) is 0 Å². The third kappa shape index (κ3) is 2.70. The summed E-state index contributed by atoms with van der Waals surface area (Å²) in [4.78, 5) is 9.84. The number of aromatic nitrogens is 2. The van der Waals surface area contributed by atoms with Gasteiger partial charge in [-0.05, 0) is 44.0 Å². The SMILES string of the molecule is CC1=C(c2cc(F)c3nc(C)n(Cc4ccccc4)c3c2)C(C)NO1. The fourth-order valence-electron chi connectivity index (χ4n) is 3.47. The molecule has 0 radical (unpaired) electrons. The van der Waals surface area contributed by atoms with E-state index < -0.39 is 0 Å². The standard InChI is InChI=1S/C20H20FN3O/c1-12-19(13(2)25-23-12)16-9-17(21)20-18(10-16)24(14(3)22-20)11-15-7-5-4-6-8-15/h4-10,12,23H,11H2,1-3H3. The van der Waals surface area contributed by atoms with Crippen molar-refractivity contribution in [3.05, 3.63) is 71.0 Å². The Hall–Kier alpha value is -2.66. The Morgan fingerprint density at radius 1 is 1.20 bits per heavy atom. The van der Waals surface area contributed by atoms with Crippen LogP contribution in [0.15, 0.2) is 48.2 Å². The van der Waals surface area contributed by atoms with Gasteiger partial charge in [0.25, 0.3) is 0 Å². The molecule has 0 fully saturated rings. The largest absolute Gasteiger partial charge is 0.413 e. The van der Waals surface area contributed by atoms with Crippen LogP contribution in [0.2, 0.25) is 0 Å². The first-order chi connectivity index (χ1) is 12.0. The van der Waals surface area contributed by atoms with Gasteiger partial charge in [-0.25, -0.2) is 9.37 Å². The van der Waals surface area contributed by atoms with E-state index in [4.69, 9.17) is 4.84 Å². The van der Waals surface area contributed by atoms with Gasteiger partial charge in [-0.1, -0.05) is 30.3 Å². The predicted molar refractivity (Wildman–Crippen MR) is 96.2 cm³/mol. The van der Waals surface area contributed by atoms with Gasteiger partial charge in [0.2, 0.25) is 0 Å². The number of rotatable bonds is 3. The summed E-state index contributed by atoms with van der Waals surface area (Å²) in [5.41, 5.74) is 7.10. The summed E-state index contributed by atoms with van der Waals surface area (Å²) in [5, 5.41) is 0. The molecule has 3 aromatic rings. The minimum absolute atomic E-state index is 0.0171. The van der Waals surface area contributed by atoms with E-state index in [2.05, 4.69) is 27.2 Å². The van der Waals surface area contributed by atoms with E-state index in [0.717, 1.165) is 33.8 Å². The fraction of sp³-hybridized carbons (Fsp3) is 0.250. The molecule has 128 valence electrons. The first-order valence-corrected chi connectivity index (χ1v) is 8.38. The number of nitrogens with zero attached hydrogens (tertiary/aromatic N) is 2. The van der Waals surface area contributed by atoms with Crippen molar-refractivity contribution in [1.82, 2.24) is 15.0 Å². The molecular formula is C20H20FN3O. The monoisotopic (exact) mass is 337 g/mol. The van der Waals surface area contributed by atoms with E-state index in [9.17, 15) is 4.39 Å². The Balaban J connectivity index is 1.87. The van der Waals surface area contributed by atoms with Crippen molar-refractivity contribution in [2.45, 2.75) is 33.4 Å². The average molecular weight is 337 g/mol. The molecule has 5 heteroatoms. The second kappa shape index (κ2) is 6.01. The van der Waals surface area contributed by atoms with Crippen LogP contribution in [0.1, 0.15) is 30.8 Å². The lowest BCUT2D eigenvalue weighted by atomic mass is 9.99. The number of hydrogen-bond acceptors (Lipinski definition) is 3. The Labute approximate surface area is 145 Å². The van der Waals surface area contributed by atoms with Crippen LogP contribution in [-0.2, 0) is 11.4 Å². The number of nitrogens with one attached hydrogen (secondary N) is 1. The topological polar surface area (TPSA) is 39.1 Å². The zero-order chi connectivity index (χ0) is 17.6. The maximum Gasteiger partial charge on any atom is 0.151 e. The van der Waals surface area contributed by atoms with Gasteiger partial charge >= 0.3 is 0 Å². The highest BCUT2D eigenvalue weighted by Crippen LogP contribution is 2.31. The van der Waals surface area contributed by atoms with E-state index in [0.29, 0.717) is 12.1 Å². The van der Waals surface area contributed by atoms with Gasteiger partial charge in [0, 0.05) is 12.1 Å². The van der Waals surface area contributed by atoms with Crippen molar-refractivity contribution in [1.29, 1.82) is 0 Å². The molecule has 1 atom stereocenters. The van der Waals surface area contributed by atoms with E-state index in [1.165, 1.54) is 0 Å². The molecule has 2 heterocycles. The lowest BCUT2D eigenvalue weighted by molar-refractivity contribution is 0.122. The van der Waals surface area contributed by atoms with Gasteiger partial charge in [-0.3, -0.25) is 0 Å². The number of hydroxylamine groups is 1. The van der Waals surface area contributed by atoms with Gasteiger partial charge in [0.1, 0.15) is 17.1 Å². The third-order valence-electron chi connectivity index (χ3n) is 4.69. The number of aryl methyl sites for hydroxylation is 1. The van der Waals surface area contributed by atoms with Crippen LogP contribution in [0.5, 0.6) is 0 Å². The molecule has 1 aliphatic rings. The number of halogens is 1. The normalized spacial score (nSPS) is 17.4. The minimum atomic E-state index is -0.304. The van der Waals surface area contributed by atoms with Crippen LogP contribution in [0.4, 0.5) is 4.39 Å². The highest BCUT2D eigenvalue weighted by Gasteiger charge is 2.24. The molecule has 0 aliphatic carbocycles. The second-order valence-corrected chi connectivity index (χ2v) is 6.47. The van der Waals surface area contributed by atoms with Crippen LogP contribution in [0, 0.1) is 12.7 Å². The second-order valence-electron chi connectivity index (χ2n) is 6.47. The zero-order valence-corrected chi connectivity index (χ0v) is 14.5. The van der Waals surface area contributed by atoms with Crippen molar-refractivity contribution in [2.75, 3.05) is 0 Å². The highest BCUT2D eigenvalue weighted by atomic mass is 19.1. The third-order valence-corrected chi connectivity index (χ3v) is 4.69. The lowest BCUT2D eigenvalue weighted by Gasteiger charge is -2.11. The molecule has 0 spiro atoms. The summed E-state index contributed by atoms with van der Waals surface area (Å²) in [6, 6.07) is 13.7. The van der Waals surface area contributed by atoms with Gasteiger partial charge in [-0.15, -0.1) is 5.48 Å². The number of fused-ring (bicyclic) bond motifs is 1. The smallest absolute Gasteiger partial charge is 0.151 e. The van der Waals surface area contributed by atoms with Crippen molar-refractivity contribution in [2.24, 2.45) is 0 Å². The van der Waals surface area contributed by atoms with E-state index in [1.807, 2.05) is 45.0 Å². The maximum atomic E-state index is 14.7. The van der Waals surface area contributed by atoms with Gasteiger partial charge in [0.05, 0.1) is 11.6 Å². The molecule has 0 bridgehead atoms. The molecule has 0 amide bonds. The zero-order valence-electron chi connectivity index (χ0n) is 14.5. The molecule has 25 heavy (non-hydrogen) atoms. The molecule has 1 unspecified atom stereocenters. The first-order valence-electron chi connectivity index (χ1n) is 8.38. The molecule has 4 rings (SSSR count). The van der Waals surface area contributed by atoms with Crippen LogP contribution in [0.25, 0.3) is 16.6 Å². The van der Waals surface area contributed by atoms with Crippen LogP contribution >= 0.6 is 0 Å². The Bertz CT molecular complexity index is 976. The quantitative estimate of drug-likeness (QED) is 0.779. The summed E-state index contributed by atoms with van der Waals surface area (Å²) in [7, 11) is 0. The first kappa shape index (κ1) is 15.8. The Kier molecular flexibility index (Phi) is 3.81. The Morgan fingerprint density at radius 3 is 2.64 bits per heavy atom. The summed E-state index contributed by atoms with van der Waals surface area (Å²) in [5.74, 6) is 1.27. The van der Waals surface area contributed by atoms with E-state index in [1.54, 1.807) is 6.07 Å². The van der Waals surface area contributed by atoms with Crippen LogP contribution in [-0.4, -0.2) is 15.6 Å². The lowest BCUT2D eigenvalue weighted by Crippen LogP contribution is -2.19. The minimum Gasteiger partial charge on any atom is -0.413 e. The molecule has 1 N–H and O–H groups in total. The highest BCUT2D eigenvalue weighted by molar-refractivity contribution is 5.84. The van der Waals surface area contributed by atoms with Crippen molar-refractivity contribution in [3.8, 4) is 0 Å². The van der Waals surface area contributed by atoms with E-state index in [-0.39, 0.29) is 11.9 Å². The van der Waals surface area contributed by atoms with Gasteiger partial charge < -0.3 is 9.40 Å². The molecule has 4 nitrogen and oxygen atoms in total. The van der Waals surface area contributed by atoms with Gasteiger partial charge in [0.15, 0.2) is 5.82 Å². The molecule has 0 saturated carbocycles. The summed E-state index contributed by atoms with van der Waals surface area (Å²) >= 11 is 0. The fourth-order valence-corrected chi connectivity index (χ4v) is 3.47. The maximum absolute atomic E-state index is 14.7. The number of benzene rings is 2. The summed E-state index contributed by atoms with van der Waals surface area (Å²) < 4.78 is 16.8. The summed E-state index contributed by atoms with van der Waals surface area (Å²) in [6.45, 7) is 6.46.